The summed E-state index contributed by atoms with van der Waals surface area (Å²) < 4.78 is 2.22. The lowest BCUT2D eigenvalue weighted by atomic mass is 10.1. The number of nitrogens with zero attached hydrogens (tertiary/aromatic N) is 2. The second-order valence-corrected chi connectivity index (χ2v) is 6.64. The number of halogens is 1. The quantitative estimate of drug-likeness (QED) is 0.511. The van der Waals surface area contributed by atoms with E-state index in [9.17, 15) is 0 Å². The van der Waals surface area contributed by atoms with Gasteiger partial charge in [0.15, 0.2) is 0 Å². The van der Waals surface area contributed by atoms with Crippen LogP contribution < -0.4 is 5.73 Å². The van der Waals surface area contributed by atoms with Crippen molar-refractivity contribution in [3.8, 4) is 11.4 Å². The van der Waals surface area contributed by atoms with Crippen molar-refractivity contribution in [3.63, 3.8) is 0 Å². The van der Waals surface area contributed by atoms with Crippen LogP contribution in [0.5, 0.6) is 0 Å². The van der Waals surface area contributed by atoms with E-state index in [2.05, 4.69) is 16.7 Å². The van der Waals surface area contributed by atoms with Gasteiger partial charge in [0.25, 0.3) is 0 Å². The van der Waals surface area contributed by atoms with E-state index in [4.69, 9.17) is 22.3 Å². The topological polar surface area (TPSA) is 43.8 Å². The first-order valence-electron chi connectivity index (χ1n) is 8.18. The number of benzene rings is 3. The van der Waals surface area contributed by atoms with Crippen molar-refractivity contribution in [2.24, 2.45) is 0 Å². The molecule has 0 amide bonds. The Labute approximate surface area is 151 Å². The molecule has 0 aliphatic rings. The molecule has 4 heteroatoms. The molecule has 1 aromatic heterocycles. The molecule has 4 aromatic rings. The predicted molar refractivity (Wildman–Crippen MR) is 105 cm³/mol. The van der Waals surface area contributed by atoms with Crippen LogP contribution in [-0.2, 0) is 6.54 Å². The lowest BCUT2D eigenvalue weighted by Crippen LogP contribution is -2.02. The number of fused-ring (bicyclic) bond motifs is 1. The molecular formula is C21H18ClN3. The first-order chi connectivity index (χ1) is 12.1. The molecule has 0 aliphatic heterocycles. The Kier molecular flexibility index (Phi) is 3.94. The van der Waals surface area contributed by atoms with Crippen LogP contribution in [0.25, 0.3) is 22.4 Å². The smallest absolute Gasteiger partial charge is 0.141 e. The number of nitrogens with two attached hydrogens (primary N) is 1. The van der Waals surface area contributed by atoms with Crippen molar-refractivity contribution >= 4 is 28.3 Å². The minimum absolute atomic E-state index is 0.723. The maximum Gasteiger partial charge on any atom is 0.141 e. The SMILES string of the molecule is Cc1ccc(-c2nc3ccccc3n2Cc2ccc(Cl)cc2)cc1N. The highest BCUT2D eigenvalue weighted by atomic mass is 35.5. The van der Waals surface area contributed by atoms with E-state index in [1.807, 2.05) is 61.5 Å². The van der Waals surface area contributed by atoms with E-state index in [1.54, 1.807) is 0 Å². The average Bonchev–Trinajstić information content (AvgIpc) is 2.98. The molecule has 0 atom stereocenters. The highest BCUT2D eigenvalue weighted by molar-refractivity contribution is 6.30. The summed E-state index contributed by atoms with van der Waals surface area (Å²) in [5.74, 6) is 0.919. The fraction of sp³-hybridized carbons (Fsp3) is 0.0952. The van der Waals surface area contributed by atoms with E-state index in [1.165, 1.54) is 5.56 Å². The van der Waals surface area contributed by atoms with Crippen LogP contribution in [0.4, 0.5) is 5.69 Å². The summed E-state index contributed by atoms with van der Waals surface area (Å²) in [4.78, 5) is 4.85. The van der Waals surface area contributed by atoms with Crippen LogP contribution in [0.1, 0.15) is 11.1 Å². The van der Waals surface area contributed by atoms with Gasteiger partial charge in [0.05, 0.1) is 11.0 Å². The Hall–Kier alpha value is -2.78. The molecule has 0 bridgehead atoms. The third-order valence-electron chi connectivity index (χ3n) is 4.45. The fourth-order valence-electron chi connectivity index (χ4n) is 3.01. The molecule has 25 heavy (non-hydrogen) atoms. The summed E-state index contributed by atoms with van der Waals surface area (Å²) in [6.07, 6.45) is 0. The zero-order valence-corrected chi connectivity index (χ0v) is 14.7. The zero-order valence-electron chi connectivity index (χ0n) is 13.9. The van der Waals surface area contributed by atoms with Crippen molar-refractivity contribution in [3.05, 3.63) is 82.9 Å². The predicted octanol–water partition coefficient (Wildman–Crippen LogP) is 5.30. The molecule has 0 saturated carbocycles. The van der Waals surface area contributed by atoms with Crippen LogP contribution >= 0.6 is 11.6 Å². The third kappa shape index (κ3) is 2.99. The number of rotatable bonds is 3. The van der Waals surface area contributed by atoms with Crippen LogP contribution in [0.3, 0.4) is 0 Å². The van der Waals surface area contributed by atoms with Gasteiger partial charge in [0.2, 0.25) is 0 Å². The van der Waals surface area contributed by atoms with E-state index in [-0.39, 0.29) is 0 Å². The Morgan fingerprint density at radius 3 is 2.52 bits per heavy atom. The maximum atomic E-state index is 6.12. The first-order valence-corrected chi connectivity index (χ1v) is 8.56. The van der Waals surface area contributed by atoms with Crippen molar-refractivity contribution < 1.29 is 0 Å². The number of para-hydroxylation sites is 2. The van der Waals surface area contributed by atoms with E-state index in [0.717, 1.165) is 45.2 Å². The molecule has 3 aromatic carbocycles. The summed E-state index contributed by atoms with van der Waals surface area (Å²) >= 11 is 6.01. The summed E-state index contributed by atoms with van der Waals surface area (Å²) in [5, 5.41) is 0.741. The van der Waals surface area contributed by atoms with Gasteiger partial charge in [0.1, 0.15) is 5.82 Å². The lowest BCUT2D eigenvalue weighted by Gasteiger charge is -2.11. The number of nitrogen functional groups attached to an aromatic ring is 1. The molecule has 0 spiro atoms. The van der Waals surface area contributed by atoms with Crippen molar-refractivity contribution in [2.45, 2.75) is 13.5 Å². The second-order valence-electron chi connectivity index (χ2n) is 6.21. The van der Waals surface area contributed by atoms with Crippen LogP contribution in [0, 0.1) is 6.92 Å². The molecule has 2 N–H and O–H groups in total. The minimum atomic E-state index is 0.723. The first kappa shape index (κ1) is 15.7. The van der Waals surface area contributed by atoms with Gasteiger partial charge < -0.3 is 10.3 Å². The molecule has 124 valence electrons. The van der Waals surface area contributed by atoms with Crippen molar-refractivity contribution in [1.82, 2.24) is 9.55 Å². The van der Waals surface area contributed by atoms with Gasteiger partial charge >= 0.3 is 0 Å². The lowest BCUT2D eigenvalue weighted by molar-refractivity contribution is 0.834. The number of hydrogen-bond acceptors (Lipinski definition) is 2. The molecular weight excluding hydrogens is 330 g/mol. The van der Waals surface area contributed by atoms with E-state index in [0.29, 0.717) is 0 Å². The standard InChI is InChI=1S/C21H18ClN3/c1-14-6-9-16(12-18(14)23)21-24-19-4-2-3-5-20(19)25(21)13-15-7-10-17(22)11-8-15/h2-12H,13,23H2,1H3. The van der Waals surface area contributed by atoms with Crippen molar-refractivity contribution in [2.75, 3.05) is 5.73 Å². The monoisotopic (exact) mass is 347 g/mol. The molecule has 3 nitrogen and oxygen atoms in total. The number of anilines is 1. The molecule has 0 saturated heterocycles. The van der Waals surface area contributed by atoms with Gasteiger partial charge in [-0.25, -0.2) is 4.98 Å². The summed E-state index contributed by atoms with van der Waals surface area (Å²) in [7, 11) is 0. The fourth-order valence-corrected chi connectivity index (χ4v) is 3.13. The Morgan fingerprint density at radius 1 is 1.00 bits per heavy atom. The average molecular weight is 348 g/mol. The molecule has 4 rings (SSSR count). The number of aryl methyl sites for hydroxylation is 1. The number of imidazole rings is 1. The molecule has 1 heterocycles. The second kappa shape index (κ2) is 6.26. The molecule has 0 radical (unpaired) electrons. The van der Waals surface area contributed by atoms with E-state index < -0.39 is 0 Å². The minimum Gasteiger partial charge on any atom is -0.398 e. The van der Waals surface area contributed by atoms with Gasteiger partial charge in [-0.1, -0.05) is 48.0 Å². The van der Waals surface area contributed by atoms with Gasteiger partial charge in [-0.3, -0.25) is 0 Å². The largest absolute Gasteiger partial charge is 0.398 e. The van der Waals surface area contributed by atoms with Crippen molar-refractivity contribution in [1.29, 1.82) is 0 Å². The summed E-state index contributed by atoms with van der Waals surface area (Å²) in [6, 6.07) is 22.2. The third-order valence-corrected chi connectivity index (χ3v) is 4.70. The highest BCUT2D eigenvalue weighted by Gasteiger charge is 2.13. The zero-order chi connectivity index (χ0) is 17.4. The maximum absolute atomic E-state index is 6.12. The Morgan fingerprint density at radius 2 is 1.76 bits per heavy atom. The van der Waals surface area contributed by atoms with Gasteiger partial charge in [-0.05, 0) is 48.4 Å². The van der Waals surface area contributed by atoms with Gasteiger partial charge in [-0.2, -0.15) is 0 Å². The summed E-state index contributed by atoms with van der Waals surface area (Å²) in [5.41, 5.74) is 12.3. The van der Waals surface area contributed by atoms with Crippen LogP contribution in [0.2, 0.25) is 5.02 Å². The van der Waals surface area contributed by atoms with Gasteiger partial charge in [0, 0.05) is 22.8 Å². The molecule has 0 aliphatic carbocycles. The van der Waals surface area contributed by atoms with Crippen LogP contribution in [-0.4, -0.2) is 9.55 Å². The van der Waals surface area contributed by atoms with Crippen LogP contribution in [0.15, 0.2) is 66.7 Å². The highest BCUT2D eigenvalue weighted by Crippen LogP contribution is 2.28. The Bertz CT molecular complexity index is 1050. The normalized spacial score (nSPS) is 11.1. The number of aromatic nitrogens is 2. The molecule has 0 unspecified atom stereocenters. The summed E-state index contributed by atoms with van der Waals surface area (Å²) in [6.45, 7) is 2.73. The Balaban J connectivity index is 1.88. The van der Waals surface area contributed by atoms with E-state index >= 15 is 0 Å². The van der Waals surface area contributed by atoms with Gasteiger partial charge in [-0.15, -0.1) is 0 Å². The number of hydrogen-bond donors (Lipinski definition) is 1. The molecule has 0 fully saturated rings.